The van der Waals surface area contributed by atoms with Gasteiger partial charge in [-0.3, -0.25) is 0 Å². The van der Waals surface area contributed by atoms with E-state index in [0.29, 0.717) is 12.5 Å². The van der Waals surface area contributed by atoms with Crippen LogP contribution in [0, 0.1) is 22.7 Å². The third-order valence-corrected chi connectivity index (χ3v) is 7.52. The highest BCUT2D eigenvalue weighted by molar-refractivity contribution is 7.16. The molecule has 0 radical (unpaired) electrons. The second-order valence-electron chi connectivity index (χ2n) is 9.57. The summed E-state index contributed by atoms with van der Waals surface area (Å²) < 4.78 is 11.1. The maximum absolute atomic E-state index is 9.76. The Labute approximate surface area is 200 Å². The third kappa shape index (κ3) is 5.46. The molecule has 1 atom stereocenters. The quantitative estimate of drug-likeness (QED) is 0.370. The molecule has 4 rings (SSSR count). The molecule has 0 unspecified atom stereocenters. The Bertz CT molecular complexity index is 1160. The highest BCUT2D eigenvalue weighted by Crippen LogP contribution is 2.44. The molecule has 170 valence electrons. The predicted octanol–water partition coefficient (Wildman–Crippen LogP) is 7.11. The van der Waals surface area contributed by atoms with Crippen molar-refractivity contribution in [2.75, 3.05) is 7.11 Å². The molecule has 0 bridgehead atoms. The van der Waals surface area contributed by atoms with Gasteiger partial charge in [0.1, 0.15) is 29.2 Å². The maximum Gasteiger partial charge on any atom is 0.134 e. The van der Waals surface area contributed by atoms with E-state index >= 15 is 0 Å². The van der Waals surface area contributed by atoms with Crippen molar-refractivity contribution in [1.82, 2.24) is 0 Å². The Morgan fingerprint density at radius 1 is 1.09 bits per heavy atom. The molecule has 0 aliphatic heterocycles. The number of methoxy groups -OCH3 is 1. The minimum absolute atomic E-state index is 0.287. The summed E-state index contributed by atoms with van der Waals surface area (Å²) in [5, 5.41) is 10.6. The van der Waals surface area contributed by atoms with Crippen molar-refractivity contribution >= 4 is 22.6 Å². The van der Waals surface area contributed by atoms with Crippen LogP contribution in [0.25, 0.3) is 0 Å². The normalized spacial score (nSPS) is 15.8. The second-order valence-corrected chi connectivity index (χ2v) is 10.6. The van der Waals surface area contributed by atoms with E-state index in [1.807, 2.05) is 54.7 Å². The molecule has 4 nitrogen and oxygen atoms in total. The lowest BCUT2D eigenvalue weighted by Gasteiger charge is -2.33. The number of fused-ring (bicyclic) bond motifs is 1. The molecule has 5 heteroatoms. The van der Waals surface area contributed by atoms with Gasteiger partial charge in [0.2, 0.25) is 0 Å². The summed E-state index contributed by atoms with van der Waals surface area (Å²) in [5.41, 5.74) is 4.33. The van der Waals surface area contributed by atoms with Gasteiger partial charge in [0.05, 0.1) is 12.7 Å². The van der Waals surface area contributed by atoms with Crippen LogP contribution in [0.4, 0.5) is 5.00 Å². The standard InChI is InChI=1S/C28H30N2O2S/c1-28(2,3)21-9-14-24-25(16-29)27(33-26(24)15-21)30-17-19-5-12-23(13-6-19)32-18-20-7-10-22(31-4)11-8-20/h5-8,10-13,17,21H,9,14-15,18H2,1-4H3/t21-/m1/s1. The maximum atomic E-state index is 9.76. The zero-order chi connectivity index (χ0) is 23.4. The minimum Gasteiger partial charge on any atom is -0.497 e. The summed E-state index contributed by atoms with van der Waals surface area (Å²) in [5.74, 6) is 2.29. The van der Waals surface area contributed by atoms with Gasteiger partial charge in [-0.05, 0) is 83.7 Å². The fourth-order valence-corrected chi connectivity index (χ4v) is 5.41. The number of rotatable bonds is 6. The number of aliphatic imine (C=N–C) groups is 1. The van der Waals surface area contributed by atoms with Crippen LogP contribution in [0.3, 0.4) is 0 Å². The average molecular weight is 459 g/mol. The summed E-state index contributed by atoms with van der Waals surface area (Å²) in [6.07, 6.45) is 5.01. The van der Waals surface area contributed by atoms with Crippen LogP contribution < -0.4 is 9.47 Å². The summed E-state index contributed by atoms with van der Waals surface area (Å²) >= 11 is 1.68. The first-order chi connectivity index (χ1) is 15.9. The van der Waals surface area contributed by atoms with Gasteiger partial charge in [0, 0.05) is 11.1 Å². The molecular weight excluding hydrogens is 428 g/mol. The molecule has 1 aromatic heterocycles. The first-order valence-electron chi connectivity index (χ1n) is 11.3. The lowest BCUT2D eigenvalue weighted by atomic mass is 9.72. The van der Waals surface area contributed by atoms with Crippen molar-refractivity contribution < 1.29 is 9.47 Å². The van der Waals surface area contributed by atoms with Crippen molar-refractivity contribution in [2.45, 2.75) is 46.6 Å². The van der Waals surface area contributed by atoms with Crippen LogP contribution in [0.15, 0.2) is 53.5 Å². The minimum atomic E-state index is 0.287. The van der Waals surface area contributed by atoms with E-state index in [9.17, 15) is 5.26 Å². The lowest BCUT2D eigenvalue weighted by Crippen LogP contribution is -2.26. The fourth-order valence-electron chi connectivity index (χ4n) is 4.19. The van der Waals surface area contributed by atoms with E-state index < -0.39 is 0 Å². The van der Waals surface area contributed by atoms with Gasteiger partial charge in [0.25, 0.3) is 0 Å². The van der Waals surface area contributed by atoms with Crippen molar-refractivity contribution in [2.24, 2.45) is 16.3 Å². The van der Waals surface area contributed by atoms with E-state index in [1.165, 1.54) is 10.4 Å². The van der Waals surface area contributed by atoms with Crippen LogP contribution in [0.2, 0.25) is 0 Å². The van der Waals surface area contributed by atoms with Gasteiger partial charge in [-0.15, -0.1) is 11.3 Å². The largest absolute Gasteiger partial charge is 0.497 e. The topological polar surface area (TPSA) is 54.6 Å². The van der Waals surface area contributed by atoms with E-state index in [4.69, 9.17) is 14.5 Å². The van der Waals surface area contributed by atoms with Crippen molar-refractivity contribution in [1.29, 1.82) is 5.26 Å². The van der Waals surface area contributed by atoms with Gasteiger partial charge >= 0.3 is 0 Å². The molecule has 33 heavy (non-hydrogen) atoms. The Kier molecular flexibility index (Phi) is 6.85. The second kappa shape index (κ2) is 9.80. The van der Waals surface area contributed by atoms with Gasteiger partial charge in [0.15, 0.2) is 0 Å². The van der Waals surface area contributed by atoms with Crippen LogP contribution in [-0.4, -0.2) is 13.3 Å². The Morgan fingerprint density at radius 2 is 1.79 bits per heavy atom. The number of nitriles is 1. The summed E-state index contributed by atoms with van der Waals surface area (Å²) in [4.78, 5) is 6.04. The summed E-state index contributed by atoms with van der Waals surface area (Å²) in [7, 11) is 1.66. The number of ether oxygens (including phenoxy) is 2. The highest BCUT2D eigenvalue weighted by atomic mass is 32.1. The van der Waals surface area contributed by atoms with E-state index in [2.05, 4.69) is 26.8 Å². The van der Waals surface area contributed by atoms with Gasteiger partial charge < -0.3 is 9.47 Å². The lowest BCUT2D eigenvalue weighted by molar-refractivity contribution is 0.218. The van der Waals surface area contributed by atoms with E-state index in [1.54, 1.807) is 18.4 Å². The first kappa shape index (κ1) is 23.1. The highest BCUT2D eigenvalue weighted by Gasteiger charge is 2.32. The Balaban J connectivity index is 1.42. The molecule has 1 aliphatic rings. The average Bonchev–Trinajstić information content (AvgIpc) is 3.18. The zero-order valence-corrected chi connectivity index (χ0v) is 20.5. The van der Waals surface area contributed by atoms with Crippen LogP contribution in [0.5, 0.6) is 11.5 Å². The van der Waals surface area contributed by atoms with Gasteiger partial charge in [-0.25, -0.2) is 4.99 Å². The molecule has 0 saturated carbocycles. The van der Waals surface area contributed by atoms with Crippen LogP contribution >= 0.6 is 11.3 Å². The van der Waals surface area contributed by atoms with Gasteiger partial charge in [-0.2, -0.15) is 5.26 Å². The predicted molar refractivity (Wildman–Crippen MR) is 135 cm³/mol. The molecule has 0 N–H and O–H groups in total. The first-order valence-corrected chi connectivity index (χ1v) is 12.1. The van der Waals surface area contributed by atoms with Crippen molar-refractivity contribution in [3.05, 3.63) is 75.7 Å². The van der Waals surface area contributed by atoms with Crippen molar-refractivity contribution in [3.63, 3.8) is 0 Å². The Morgan fingerprint density at radius 3 is 2.42 bits per heavy atom. The molecule has 3 aromatic rings. The fraction of sp³-hybridized carbons (Fsp3) is 0.357. The summed E-state index contributed by atoms with van der Waals surface area (Å²) in [6.45, 7) is 7.43. The van der Waals surface area contributed by atoms with E-state index in [-0.39, 0.29) is 5.41 Å². The molecule has 2 aromatic carbocycles. The van der Waals surface area contributed by atoms with Gasteiger partial charge in [-0.1, -0.05) is 32.9 Å². The zero-order valence-electron chi connectivity index (χ0n) is 19.7. The Hall–Kier alpha value is -3.10. The summed E-state index contributed by atoms with van der Waals surface area (Å²) in [6, 6.07) is 18.1. The number of hydrogen-bond acceptors (Lipinski definition) is 5. The van der Waals surface area contributed by atoms with Crippen LogP contribution in [-0.2, 0) is 19.4 Å². The molecular formula is C28H30N2O2S. The van der Waals surface area contributed by atoms with Crippen LogP contribution in [0.1, 0.15) is 54.3 Å². The molecule has 0 saturated heterocycles. The molecule has 0 fully saturated rings. The SMILES string of the molecule is COc1ccc(COc2ccc(C=Nc3sc4c(c3C#N)CC[C@@H](C(C)(C)C)C4)cc2)cc1. The van der Waals surface area contributed by atoms with Crippen molar-refractivity contribution in [3.8, 4) is 17.6 Å². The molecule has 1 heterocycles. The molecule has 1 aliphatic carbocycles. The molecule has 0 spiro atoms. The third-order valence-electron chi connectivity index (χ3n) is 6.36. The number of thiophene rings is 1. The number of nitrogens with zero attached hydrogens (tertiary/aromatic N) is 2. The van der Waals surface area contributed by atoms with E-state index in [0.717, 1.165) is 52.5 Å². The number of hydrogen-bond donors (Lipinski definition) is 0. The molecule has 0 amide bonds. The monoisotopic (exact) mass is 458 g/mol. The smallest absolute Gasteiger partial charge is 0.134 e. The number of benzene rings is 2.